The first-order chi connectivity index (χ1) is 14.4. The number of amides is 1. The molecule has 6 nitrogen and oxygen atoms in total. The van der Waals surface area contributed by atoms with Crippen molar-refractivity contribution in [1.82, 2.24) is 5.01 Å². The van der Waals surface area contributed by atoms with E-state index in [1.165, 1.54) is 17.1 Å². The molecule has 0 bridgehead atoms. The second-order valence-corrected chi connectivity index (χ2v) is 7.52. The zero-order valence-electron chi connectivity index (χ0n) is 16.2. The number of aryl methyl sites for hydroxylation is 1. The first kappa shape index (κ1) is 19.8. The summed E-state index contributed by atoms with van der Waals surface area (Å²) in [5, 5.41) is 17.6. The fourth-order valence-corrected chi connectivity index (χ4v) is 3.70. The van der Waals surface area contributed by atoms with Crippen LogP contribution in [0.15, 0.2) is 77.9 Å². The summed E-state index contributed by atoms with van der Waals surface area (Å²) in [6, 6.07) is 20.5. The minimum atomic E-state index is -0.468. The number of nitro groups is 1. The molecule has 1 atom stereocenters. The Bertz CT molecular complexity index is 1160. The van der Waals surface area contributed by atoms with Gasteiger partial charge >= 0.3 is 0 Å². The maximum atomic E-state index is 13.3. The quantitative estimate of drug-likeness (QED) is 0.411. The summed E-state index contributed by atoms with van der Waals surface area (Å²) < 4.78 is 0. The van der Waals surface area contributed by atoms with Crippen molar-refractivity contribution in [1.29, 1.82) is 0 Å². The van der Waals surface area contributed by atoms with E-state index in [0.29, 0.717) is 22.6 Å². The maximum Gasteiger partial charge on any atom is 0.276 e. The number of nitro benzene ring substituents is 1. The summed E-state index contributed by atoms with van der Waals surface area (Å²) in [7, 11) is 0. The van der Waals surface area contributed by atoms with Crippen molar-refractivity contribution >= 4 is 28.9 Å². The van der Waals surface area contributed by atoms with E-state index >= 15 is 0 Å². The van der Waals surface area contributed by atoms with Gasteiger partial charge in [-0.3, -0.25) is 14.9 Å². The van der Waals surface area contributed by atoms with E-state index < -0.39 is 11.0 Å². The van der Waals surface area contributed by atoms with Gasteiger partial charge in [-0.25, -0.2) is 5.01 Å². The lowest BCUT2D eigenvalue weighted by atomic mass is 9.97. The highest BCUT2D eigenvalue weighted by Crippen LogP contribution is 2.36. The van der Waals surface area contributed by atoms with E-state index in [1.54, 1.807) is 36.4 Å². The molecule has 0 radical (unpaired) electrons. The Morgan fingerprint density at radius 1 is 1.10 bits per heavy atom. The SMILES string of the molecule is Cc1ccc(C2=NN(C(=O)c3ccccc3Cl)[C@@H](c3cccc([N+](=O)[O-])c3)C2)cc1. The summed E-state index contributed by atoms with van der Waals surface area (Å²) in [5.74, 6) is -0.348. The lowest BCUT2D eigenvalue weighted by Gasteiger charge is -2.22. The van der Waals surface area contributed by atoms with Crippen molar-refractivity contribution < 1.29 is 9.72 Å². The number of rotatable bonds is 4. The maximum absolute atomic E-state index is 13.3. The van der Waals surface area contributed by atoms with Gasteiger partial charge in [0.25, 0.3) is 11.6 Å². The van der Waals surface area contributed by atoms with Gasteiger partial charge in [-0.15, -0.1) is 0 Å². The standard InChI is InChI=1S/C23H18ClN3O3/c1-15-9-11-16(12-10-15)21-14-22(17-5-4-6-18(13-17)27(29)30)26(25-21)23(28)19-7-2-3-8-20(19)24/h2-13,22H,14H2,1H3/t22-/m1/s1. The predicted octanol–water partition coefficient (Wildman–Crippen LogP) is 5.55. The molecule has 30 heavy (non-hydrogen) atoms. The predicted molar refractivity (Wildman–Crippen MR) is 116 cm³/mol. The Labute approximate surface area is 178 Å². The lowest BCUT2D eigenvalue weighted by Crippen LogP contribution is -2.27. The molecular formula is C23H18ClN3O3. The summed E-state index contributed by atoms with van der Waals surface area (Å²) in [4.78, 5) is 24.1. The summed E-state index contributed by atoms with van der Waals surface area (Å²) in [5.41, 5.74) is 3.73. The molecule has 0 saturated heterocycles. The van der Waals surface area contributed by atoms with Gasteiger partial charge < -0.3 is 0 Å². The average molecular weight is 420 g/mol. The Morgan fingerprint density at radius 2 is 1.83 bits per heavy atom. The van der Waals surface area contributed by atoms with Crippen LogP contribution in [0.2, 0.25) is 5.02 Å². The van der Waals surface area contributed by atoms with Crippen LogP contribution in [0.4, 0.5) is 5.69 Å². The van der Waals surface area contributed by atoms with Crippen LogP contribution in [0.1, 0.15) is 39.5 Å². The van der Waals surface area contributed by atoms with Crippen LogP contribution in [0.3, 0.4) is 0 Å². The third-order valence-electron chi connectivity index (χ3n) is 5.07. The molecule has 1 heterocycles. The highest BCUT2D eigenvalue weighted by molar-refractivity contribution is 6.33. The molecule has 4 rings (SSSR count). The molecule has 0 saturated carbocycles. The van der Waals surface area contributed by atoms with Crippen LogP contribution < -0.4 is 0 Å². The van der Waals surface area contributed by atoms with Crippen molar-refractivity contribution in [3.05, 3.63) is 110 Å². The number of non-ortho nitro benzene ring substituents is 1. The van der Waals surface area contributed by atoms with Gasteiger partial charge in [-0.05, 0) is 30.2 Å². The van der Waals surface area contributed by atoms with Crippen molar-refractivity contribution in [3.8, 4) is 0 Å². The Balaban J connectivity index is 1.77. The molecule has 1 aliphatic heterocycles. The van der Waals surface area contributed by atoms with Crippen LogP contribution in [0, 0.1) is 17.0 Å². The van der Waals surface area contributed by atoms with E-state index in [4.69, 9.17) is 11.6 Å². The van der Waals surface area contributed by atoms with Crippen LogP contribution >= 0.6 is 11.6 Å². The van der Waals surface area contributed by atoms with Crippen molar-refractivity contribution in [2.24, 2.45) is 5.10 Å². The number of nitrogens with zero attached hydrogens (tertiary/aromatic N) is 3. The normalized spacial score (nSPS) is 15.7. The van der Waals surface area contributed by atoms with Crippen LogP contribution in [0.25, 0.3) is 0 Å². The molecule has 0 unspecified atom stereocenters. The highest BCUT2D eigenvalue weighted by atomic mass is 35.5. The Morgan fingerprint density at radius 3 is 2.53 bits per heavy atom. The molecule has 3 aromatic rings. The summed E-state index contributed by atoms with van der Waals surface area (Å²) in [6.45, 7) is 2.00. The minimum absolute atomic E-state index is 0.0265. The number of hydrogen-bond donors (Lipinski definition) is 0. The fourth-order valence-electron chi connectivity index (χ4n) is 3.48. The molecule has 1 amide bonds. The Hall–Kier alpha value is -3.51. The van der Waals surface area contributed by atoms with E-state index in [-0.39, 0.29) is 11.6 Å². The van der Waals surface area contributed by atoms with Crippen LogP contribution in [-0.4, -0.2) is 21.6 Å². The van der Waals surface area contributed by atoms with E-state index in [9.17, 15) is 14.9 Å². The number of carbonyl (C=O) groups excluding carboxylic acids is 1. The molecule has 0 aliphatic carbocycles. The zero-order chi connectivity index (χ0) is 21.3. The Kier molecular flexibility index (Phi) is 5.33. The number of hydrazone groups is 1. The third-order valence-corrected chi connectivity index (χ3v) is 5.40. The highest BCUT2D eigenvalue weighted by Gasteiger charge is 2.35. The first-order valence-electron chi connectivity index (χ1n) is 9.41. The zero-order valence-corrected chi connectivity index (χ0v) is 16.9. The molecule has 3 aromatic carbocycles. The first-order valence-corrected chi connectivity index (χ1v) is 9.79. The van der Waals surface area contributed by atoms with Crippen molar-refractivity contribution in [2.45, 2.75) is 19.4 Å². The number of benzene rings is 3. The largest absolute Gasteiger partial charge is 0.276 e. The smallest absolute Gasteiger partial charge is 0.267 e. The van der Waals surface area contributed by atoms with E-state index in [1.807, 2.05) is 31.2 Å². The summed E-state index contributed by atoms with van der Waals surface area (Å²) >= 11 is 6.24. The van der Waals surface area contributed by atoms with E-state index in [2.05, 4.69) is 5.10 Å². The van der Waals surface area contributed by atoms with Gasteiger partial charge in [0.1, 0.15) is 0 Å². The molecule has 1 aliphatic rings. The van der Waals surface area contributed by atoms with Gasteiger partial charge in [0, 0.05) is 18.6 Å². The molecule has 150 valence electrons. The topological polar surface area (TPSA) is 75.8 Å². The van der Waals surface area contributed by atoms with Crippen LogP contribution in [-0.2, 0) is 0 Å². The monoisotopic (exact) mass is 419 g/mol. The van der Waals surface area contributed by atoms with Gasteiger partial charge in [0.15, 0.2) is 0 Å². The molecule has 0 spiro atoms. The molecular weight excluding hydrogens is 402 g/mol. The van der Waals surface area contributed by atoms with Gasteiger partial charge in [-0.1, -0.05) is 65.7 Å². The van der Waals surface area contributed by atoms with E-state index in [0.717, 1.165) is 16.8 Å². The lowest BCUT2D eigenvalue weighted by molar-refractivity contribution is -0.384. The third kappa shape index (κ3) is 3.82. The fraction of sp³-hybridized carbons (Fsp3) is 0.130. The second kappa shape index (κ2) is 8.08. The van der Waals surface area contributed by atoms with Crippen molar-refractivity contribution in [2.75, 3.05) is 0 Å². The van der Waals surface area contributed by atoms with Crippen LogP contribution in [0.5, 0.6) is 0 Å². The van der Waals surface area contributed by atoms with Gasteiger partial charge in [0.05, 0.1) is 27.3 Å². The summed E-state index contributed by atoms with van der Waals surface area (Å²) in [6.07, 6.45) is 0.445. The number of hydrogen-bond acceptors (Lipinski definition) is 4. The number of halogens is 1. The molecule has 0 aromatic heterocycles. The van der Waals surface area contributed by atoms with Gasteiger partial charge in [0.2, 0.25) is 0 Å². The molecule has 0 fully saturated rings. The number of carbonyl (C=O) groups is 1. The molecule has 0 N–H and O–H groups in total. The minimum Gasteiger partial charge on any atom is -0.267 e. The molecule has 7 heteroatoms. The van der Waals surface area contributed by atoms with Gasteiger partial charge in [-0.2, -0.15) is 5.10 Å². The second-order valence-electron chi connectivity index (χ2n) is 7.11. The van der Waals surface area contributed by atoms with Crippen molar-refractivity contribution in [3.63, 3.8) is 0 Å². The average Bonchev–Trinajstić information content (AvgIpc) is 3.20.